The predicted octanol–water partition coefficient (Wildman–Crippen LogP) is 9.59. The average molecular weight is 771 g/mol. The van der Waals surface area contributed by atoms with Crippen LogP contribution in [0.25, 0.3) is 0 Å². The SMILES string of the molecule is CC(C)(O)CCOc1cnc(N2CCC(c3nc4c(c(C5CCC(F)(F)CC5)c3[C@@H](F)c3ccc(C(F)(F)F)cc3)[C@@H](O)CC(C)(C)C4)CC2)nc1.Cl. The van der Waals surface area contributed by atoms with Gasteiger partial charge in [-0.15, -0.1) is 12.4 Å². The molecule has 1 saturated carbocycles. The number of fused-ring (bicyclic) bond motifs is 1. The van der Waals surface area contributed by atoms with E-state index in [9.17, 15) is 32.2 Å². The van der Waals surface area contributed by atoms with E-state index in [4.69, 9.17) is 9.72 Å². The molecule has 53 heavy (non-hydrogen) atoms. The Balaban J connectivity index is 0.00000541. The van der Waals surface area contributed by atoms with E-state index in [0.717, 1.165) is 24.3 Å². The highest BCUT2D eigenvalue weighted by molar-refractivity contribution is 5.85. The van der Waals surface area contributed by atoms with Gasteiger partial charge < -0.3 is 19.8 Å². The molecule has 2 fully saturated rings. The van der Waals surface area contributed by atoms with Gasteiger partial charge in [0.1, 0.15) is 0 Å². The van der Waals surface area contributed by atoms with Crippen molar-refractivity contribution in [3.05, 3.63) is 75.9 Å². The summed E-state index contributed by atoms with van der Waals surface area (Å²) in [7, 11) is 0. The third-order valence-corrected chi connectivity index (χ3v) is 10.8. The van der Waals surface area contributed by atoms with Gasteiger partial charge in [0.25, 0.3) is 0 Å². The summed E-state index contributed by atoms with van der Waals surface area (Å²) in [5.41, 5.74) is 0.273. The molecule has 2 aliphatic carbocycles. The van der Waals surface area contributed by atoms with Crippen LogP contribution in [0.15, 0.2) is 36.7 Å². The molecule has 0 unspecified atom stereocenters. The van der Waals surface area contributed by atoms with E-state index >= 15 is 4.39 Å². The first-order valence-electron chi connectivity index (χ1n) is 18.2. The number of anilines is 1. The maximum atomic E-state index is 17.3. The largest absolute Gasteiger partial charge is 0.490 e. The highest BCUT2D eigenvalue weighted by atomic mass is 35.5. The number of aliphatic hydroxyl groups excluding tert-OH is 1. The standard InChI is InChI=1S/C39H48F6N4O3.ClH/c1-36(2)19-28-31(29(50)20-36)30(23-9-13-38(41,42)14-10-23)32(33(40)24-5-7-26(8-6-24)39(43,44)45)34(48-28)25-11-16-49(17-12-25)35-46-21-27(22-47-35)52-18-15-37(3,4)51;/h5-8,21-23,25,29,33,50-51H,9-20H2,1-4H3;1H/t29-,33-;/m0./s1. The first-order chi connectivity index (χ1) is 24.3. The lowest BCUT2D eigenvalue weighted by atomic mass is 9.68. The smallest absolute Gasteiger partial charge is 0.416 e. The highest BCUT2D eigenvalue weighted by Gasteiger charge is 2.44. The first kappa shape index (κ1) is 41.0. The topological polar surface area (TPSA) is 91.6 Å². The Hall–Kier alpha value is -3.16. The Morgan fingerprint density at radius 2 is 1.55 bits per heavy atom. The summed E-state index contributed by atoms with van der Waals surface area (Å²) in [6.45, 7) is 8.78. The van der Waals surface area contributed by atoms with Crippen molar-refractivity contribution in [2.24, 2.45) is 5.41 Å². The van der Waals surface area contributed by atoms with Gasteiger partial charge in [-0.1, -0.05) is 26.0 Å². The van der Waals surface area contributed by atoms with Crippen LogP contribution in [0.4, 0.5) is 32.3 Å². The van der Waals surface area contributed by atoms with Crippen LogP contribution in [0.1, 0.15) is 142 Å². The van der Waals surface area contributed by atoms with Crippen LogP contribution < -0.4 is 9.64 Å². The zero-order chi connectivity index (χ0) is 37.6. The first-order valence-corrected chi connectivity index (χ1v) is 18.2. The molecule has 3 aromatic rings. The second kappa shape index (κ2) is 15.5. The summed E-state index contributed by atoms with van der Waals surface area (Å²) in [6, 6.07) is 3.97. The highest BCUT2D eigenvalue weighted by Crippen LogP contribution is 2.52. The number of halogens is 7. The van der Waals surface area contributed by atoms with Crippen molar-refractivity contribution in [3.8, 4) is 5.75 Å². The van der Waals surface area contributed by atoms with Gasteiger partial charge in [-0.05, 0) is 87.0 Å². The molecule has 0 radical (unpaired) electrons. The molecule has 2 aromatic heterocycles. The van der Waals surface area contributed by atoms with Crippen molar-refractivity contribution < 1.29 is 41.3 Å². The maximum absolute atomic E-state index is 17.3. The summed E-state index contributed by atoms with van der Waals surface area (Å²) >= 11 is 0. The van der Waals surface area contributed by atoms with Crippen molar-refractivity contribution in [2.75, 3.05) is 24.6 Å². The molecule has 0 amide bonds. The molecular weight excluding hydrogens is 722 g/mol. The number of hydrogen-bond donors (Lipinski definition) is 2. The second-order valence-electron chi connectivity index (χ2n) is 16.2. The number of rotatable bonds is 9. The molecule has 0 spiro atoms. The fourth-order valence-corrected chi connectivity index (χ4v) is 8.03. The number of benzene rings is 1. The van der Waals surface area contributed by atoms with Crippen molar-refractivity contribution >= 4 is 18.4 Å². The molecule has 0 bridgehead atoms. The van der Waals surface area contributed by atoms with Crippen LogP contribution in [0.5, 0.6) is 5.75 Å². The number of hydrogen-bond acceptors (Lipinski definition) is 7. The molecule has 1 aliphatic heterocycles. The van der Waals surface area contributed by atoms with Gasteiger partial charge in [0, 0.05) is 55.1 Å². The quantitative estimate of drug-likeness (QED) is 0.210. The summed E-state index contributed by atoms with van der Waals surface area (Å²) < 4.78 is 92.3. The van der Waals surface area contributed by atoms with E-state index in [1.165, 1.54) is 0 Å². The van der Waals surface area contributed by atoms with Gasteiger partial charge in [0.15, 0.2) is 11.9 Å². The number of pyridine rings is 1. The third-order valence-electron chi connectivity index (χ3n) is 10.8. The zero-order valence-electron chi connectivity index (χ0n) is 30.5. The van der Waals surface area contributed by atoms with Gasteiger partial charge in [-0.2, -0.15) is 13.2 Å². The molecule has 3 heterocycles. The molecule has 1 saturated heterocycles. The lowest BCUT2D eigenvalue weighted by Crippen LogP contribution is -2.36. The minimum Gasteiger partial charge on any atom is -0.490 e. The second-order valence-corrected chi connectivity index (χ2v) is 16.2. The number of nitrogens with zero attached hydrogens (tertiary/aromatic N) is 4. The third kappa shape index (κ3) is 9.57. The Morgan fingerprint density at radius 3 is 2.11 bits per heavy atom. The Morgan fingerprint density at radius 1 is 0.943 bits per heavy atom. The number of piperidine rings is 1. The molecule has 14 heteroatoms. The zero-order valence-corrected chi connectivity index (χ0v) is 31.3. The number of alkyl halides is 6. The van der Waals surface area contributed by atoms with Gasteiger partial charge in [-0.3, -0.25) is 4.98 Å². The van der Waals surface area contributed by atoms with E-state index in [-0.39, 0.29) is 60.6 Å². The number of ether oxygens (including phenoxy) is 1. The van der Waals surface area contributed by atoms with E-state index in [1.807, 2.05) is 18.7 Å². The molecule has 292 valence electrons. The molecule has 2 N–H and O–H groups in total. The summed E-state index contributed by atoms with van der Waals surface area (Å²) in [4.78, 5) is 16.1. The van der Waals surface area contributed by atoms with Gasteiger partial charge in [0.2, 0.25) is 11.9 Å². The van der Waals surface area contributed by atoms with Crippen molar-refractivity contribution in [1.82, 2.24) is 15.0 Å². The van der Waals surface area contributed by atoms with Gasteiger partial charge >= 0.3 is 6.18 Å². The summed E-state index contributed by atoms with van der Waals surface area (Å²) in [5, 5.41) is 21.5. The van der Waals surface area contributed by atoms with Crippen LogP contribution >= 0.6 is 12.4 Å². The van der Waals surface area contributed by atoms with Crippen LogP contribution in [0, 0.1) is 5.41 Å². The fraction of sp³-hybridized carbons (Fsp3) is 0.615. The van der Waals surface area contributed by atoms with E-state index in [1.54, 1.807) is 26.2 Å². The minimum absolute atomic E-state index is 0. The van der Waals surface area contributed by atoms with Crippen molar-refractivity contribution in [1.29, 1.82) is 0 Å². The number of aliphatic hydroxyl groups is 2. The molecular formula is C39H49ClF6N4O3. The van der Waals surface area contributed by atoms with Gasteiger partial charge in [-0.25, -0.2) is 23.1 Å². The summed E-state index contributed by atoms with van der Waals surface area (Å²) in [6.07, 6.45) is -2.46. The van der Waals surface area contributed by atoms with Crippen molar-refractivity contribution in [2.45, 2.75) is 127 Å². The Kier molecular flexibility index (Phi) is 12.0. The lowest BCUT2D eigenvalue weighted by Gasteiger charge is -2.41. The lowest BCUT2D eigenvalue weighted by molar-refractivity contribution is -0.137. The molecule has 2 atom stereocenters. The van der Waals surface area contributed by atoms with E-state index in [0.29, 0.717) is 86.0 Å². The van der Waals surface area contributed by atoms with E-state index < -0.39 is 41.5 Å². The Bertz CT molecular complexity index is 1700. The molecule has 7 nitrogen and oxygen atoms in total. The van der Waals surface area contributed by atoms with Crippen LogP contribution in [0.2, 0.25) is 0 Å². The van der Waals surface area contributed by atoms with E-state index in [2.05, 4.69) is 9.97 Å². The monoisotopic (exact) mass is 770 g/mol. The molecule has 6 rings (SSSR count). The fourth-order valence-electron chi connectivity index (χ4n) is 8.03. The minimum atomic E-state index is -4.60. The molecule has 3 aliphatic rings. The van der Waals surface area contributed by atoms with Crippen LogP contribution in [-0.4, -0.2) is 56.4 Å². The van der Waals surface area contributed by atoms with Crippen LogP contribution in [0.3, 0.4) is 0 Å². The van der Waals surface area contributed by atoms with Gasteiger partial charge in [0.05, 0.1) is 42.0 Å². The predicted molar refractivity (Wildman–Crippen MR) is 192 cm³/mol. The average Bonchev–Trinajstić information content (AvgIpc) is 3.06. The normalized spacial score (nSPS) is 21.4. The summed E-state index contributed by atoms with van der Waals surface area (Å²) in [5.74, 6) is -2.59. The number of aromatic nitrogens is 3. The Labute approximate surface area is 313 Å². The molecule has 1 aromatic carbocycles. The van der Waals surface area contributed by atoms with Crippen molar-refractivity contribution in [3.63, 3.8) is 0 Å². The maximum Gasteiger partial charge on any atom is 0.416 e. The van der Waals surface area contributed by atoms with Crippen LogP contribution in [-0.2, 0) is 12.6 Å².